The molecule has 1 aromatic rings. The standard InChI is InChI=1S/C20H28FN3O4/c1-2-24(12-19(25)26)15-9-14(10-15)23-20(27)22-13-7-8-18(17(21)11-13)28-16-5-3-4-6-16/h7-8,11,14-16H,2-6,9-10,12H2,1H3,(H,25,26)(H2,22,23,27). The Hall–Kier alpha value is -2.35. The third-order valence-corrected chi connectivity index (χ3v) is 5.49. The fourth-order valence-corrected chi connectivity index (χ4v) is 3.89. The zero-order chi connectivity index (χ0) is 20.1. The van der Waals surface area contributed by atoms with Gasteiger partial charge in [-0.2, -0.15) is 0 Å². The van der Waals surface area contributed by atoms with Gasteiger partial charge in [0.1, 0.15) is 0 Å². The number of carboxylic acid groups (broad SMARTS) is 1. The summed E-state index contributed by atoms with van der Waals surface area (Å²) in [7, 11) is 0. The summed E-state index contributed by atoms with van der Waals surface area (Å²) in [5, 5.41) is 14.4. The molecule has 3 rings (SSSR count). The summed E-state index contributed by atoms with van der Waals surface area (Å²) in [6.45, 7) is 2.59. The largest absolute Gasteiger partial charge is 0.487 e. The number of nitrogens with one attached hydrogen (secondary N) is 2. The van der Waals surface area contributed by atoms with Crippen molar-refractivity contribution in [2.75, 3.05) is 18.4 Å². The number of halogens is 1. The molecule has 0 atom stereocenters. The van der Waals surface area contributed by atoms with E-state index >= 15 is 0 Å². The third kappa shape index (κ3) is 5.34. The molecule has 28 heavy (non-hydrogen) atoms. The average molecular weight is 393 g/mol. The molecule has 2 amide bonds. The van der Waals surface area contributed by atoms with E-state index in [1.807, 2.05) is 11.8 Å². The van der Waals surface area contributed by atoms with Crippen LogP contribution in [0.5, 0.6) is 5.75 Å². The van der Waals surface area contributed by atoms with Crippen LogP contribution in [0, 0.1) is 5.82 Å². The maximum Gasteiger partial charge on any atom is 0.319 e. The molecule has 0 bridgehead atoms. The van der Waals surface area contributed by atoms with Gasteiger partial charge in [0, 0.05) is 23.8 Å². The van der Waals surface area contributed by atoms with E-state index in [-0.39, 0.29) is 30.5 Å². The smallest absolute Gasteiger partial charge is 0.319 e. The van der Waals surface area contributed by atoms with Crippen molar-refractivity contribution in [2.24, 2.45) is 0 Å². The summed E-state index contributed by atoms with van der Waals surface area (Å²) in [4.78, 5) is 24.9. The van der Waals surface area contributed by atoms with Crippen LogP contribution in [-0.4, -0.2) is 53.3 Å². The number of carbonyl (C=O) groups excluding carboxylic acids is 1. The molecule has 3 N–H and O–H groups in total. The lowest BCUT2D eigenvalue weighted by atomic mass is 9.85. The first kappa shape index (κ1) is 20.4. The van der Waals surface area contributed by atoms with Crippen LogP contribution in [0.3, 0.4) is 0 Å². The molecule has 154 valence electrons. The topological polar surface area (TPSA) is 90.9 Å². The van der Waals surface area contributed by atoms with Crippen LogP contribution < -0.4 is 15.4 Å². The maximum atomic E-state index is 14.2. The molecule has 0 saturated heterocycles. The summed E-state index contributed by atoms with van der Waals surface area (Å²) >= 11 is 0. The van der Waals surface area contributed by atoms with Crippen molar-refractivity contribution in [3.63, 3.8) is 0 Å². The minimum absolute atomic E-state index is 0.00857. The number of urea groups is 1. The number of carbonyl (C=O) groups is 2. The number of rotatable bonds is 8. The second kappa shape index (κ2) is 9.23. The molecule has 8 heteroatoms. The summed E-state index contributed by atoms with van der Waals surface area (Å²) in [6, 6.07) is 4.20. The van der Waals surface area contributed by atoms with Crippen molar-refractivity contribution in [3.8, 4) is 5.75 Å². The molecule has 0 aromatic heterocycles. The van der Waals surface area contributed by atoms with Gasteiger partial charge in [0.25, 0.3) is 0 Å². The molecule has 2 saturated carbocycles. The van der Waals surface area contributed by atoms with Crippen LogP contribution in [-0.2, 0) is 4.79 Å². The number of carboxylic acids is 1. The van der Waals surface area contributed by atoms with Crippen LogP contribution in [0.4, 0.5) is 14.9 Å². The number of hydrogen-bond donors (Lipinski definition) is 3. The number of nitrogens with zero attached hydrogens (tertiary/aromatic N) is 1. The highest BCUT2D eigenvalue weighted by molar-refractivity contribution is 5.89. The van der Waals surface area contributed by atoms with Gasteiger partial charge < -0.3 is 20.5 Å². The van der Waals surface area contributed by atoms with Gasteiger partial charge >= 0.3 is 12.0 Å². The van der Waals surface area contributed by atoms with Gasteiger partial charge in [0.05, 0.1) is 12.6 Å². The lowest BCUT2D eigenvalue weighted by Crippen LogP contribution is -2.55. The molecule has 2 aliphatic carbocycles. The zero-order valence-electron chi connectivity index (χ0n) is 16.1. The van der Waals surface area contributed by atoms with Crippen LogP contribution in [0.15, 0.2) is 18.2 Å². The number of likely N-dealkylation sites (N-methyl/N-ethyl adjacent to an activating group) is 1. The first-order valence-corrected chi connectivity index (χ1v) is 9.94. The first-order chi connectivity index (χ1) is 13.4. The van der Waals surface area contributed by atoms with Crippen molar-refractivity contribution in [3.05, 3.63) is 24.0 Å². The van der Waals surface area contributed by atoms with E-state index in [1.54, 1.807) is 12.1 Å². The minimum Gasteiger partial charge on any atom is -0.487 e. The summed E-state index contributed by atoms with van der Waals surface area (Å²) in [5.74, 6) is -1.11. The predicted octanol–water partition coefficient (Wildman–Crippen LogP) is 3.21. The van der Waals surface area contributed by atoms with E-state index in [0.717, 1.165) is 25.7 Å². The highest BCUT2D eigenvalue weighted by atomic mass is 19.1. The first-order valence-electron chi connectivity index (χ1n) is 9.94. The third-order valence-electron chi connectivity index (χ3n) is 5.49. The molecule has 7 nitrogen and oxygen atoms in total. The van der Waals surface area contributed by atoms with Crippen LogP contribution >= 0.6 is 0 Å². The van der Waals surface area contributed by atoms with E-state index in [2.05, 4.69) is 10.6 Å². The van der Waals surface area contributed by atoms with Gasteiger partial charge in [-0.25, -0.2) is 9.18 Å². The van der Waals surface area contributed by atoms with Crippen molar-refractivity contribution >= 4 is 17.7 Å². The number of benzene rings is 1. The zero-order valence-corrected chi connectivity index (χ0v) is 16.1. The number of anilines is 1. The summed E-state index contributed by atoms with van der Waals surface area (Å²) in [5.41, 5.74) is 0.366. The second-order valence-electron chi connectivity index (χ2n) is 7.55. The Morgan fingerprint density at radius 1 is 1.29 bits per heavy atom. The minimum atomic E-state index is -0.849. The van der Waals surface area contributed by atoms with Crippen molar-refractivity contribution < 1.29 is 23.8 Å². The Bertz CT molecular complexity index is 703. The molecule has 0 radical (unpaired) electrons. The summed E-state index contributed by atoms with van der Waals surface area (Å²) in [6.07, 6.45) is 5.61. The SMILES string of the molecule is CCN(CC(=O)O)C1CC(NC(=O)Nc2ccc(OC3CCCC3)c(F)c2)C1. The summed E-state index contributed by atoms with van der Waals surface area (Å²) < 4.78 is 19.9. The number of amides is 2. The van der Waals surface area contributed by atoms with Gasteiger partial charge in [-0.15, -0.1) is 0 Å². The molecular formula is C20H28FN3O4. The highest BCUT2D eigenvalue weighted by Crippen LogP contribution is 2.28. The molecule has 2 aliphatic rings. The highest BCUT2D eigenvalue weighted by Gasteiger charge is 2.34. The van der Waals surface area contributed by atoms with E-state index in [0.29, 0.717) is 25.1 Å². The van der Waals surface area contributed by atoms with E-state index < -0.39 is 17.8 Å². The second-order valence-corrected chi connectivity index (χ2v) is 7.55. The van der Waals surface area contributed by atoms with Gasteiger partial charge in [-0.3, -0.25) is 9.69 Å². The average Bonchev–Trinajstić information content (AvgIpc) is 3.11. The Morgan fingerprint density at radius 2 is 2.00 bits per heavy atom. The molecule has 0 spiro atoms. The lowest BCUT2D eigenvalue weighted by Gasteiger charge is -2.42. The number of aliphatic carboxylic acids is 1. The van der Waals surface area contributed by atoms with E-state index in [9.17, 15) is 14.0 Å². The van der Waals surface area contributed by atoms with Gasteiger partial charge in [0.2, 0.25) is 0 Å². The van der Waals surface area contributed by atoms with Crippen LogP contribution in [0.1, 0.15) is 45.4 Å². The Morgan fingerprint density at radius 3 is 2.61 bits per heavy atom. The van der Waals surface area contributed by atoms with Crippen molar-refractivity contribution in [2.45, 2.75) is 63.6 Å². The van der Waals surface area contributed by atoms with E-state index in [4.69, 9.17) is 9.84 Å². The van der Waals surface area contributed by atoms with Gasteiger partial charge in [-0.05, 0) is 57.2 Å². The number of ether oxygens (including phenoxy) is 1. The molecule has 1 aromatic carbocycles. The predicted molar refractivity (Wildman–Crippen MR) is 103 cm³/mol. The van der Waals surface area contributed by atoms with Crippen molar-refractivity contribution in [1.29, 1.82) is 0 Å². The molecule has 2 fully saturated rings. The quantitative estimate of drug-likeness (QED) is 0.631. The van der Waals surface area contributed by atoms with E-state index in [1.165, 1.54) is 6.07 Å². The Kier molecular flexibility index (Phi) is 6.72. The van der Waals surface area contributed by atoms with Crippen molar-refractivity contribution in [1.82, 2.24) is 10.2 Å². The van der Waals surface area contributed by atoms with Crippen LogP contribution in [0.2, 0.25) is 0 Å². The van der Waals surface area contributed by atoms with Gasteiger partial charge in [-0.1, -0.05) is 6.92 Å². The van der Waals surface area contributed by atoms with Gasteiger partial charge in [0.15, 0.2) is 11.6 Å². The molecular weight excluding hydrogens is 365 g/mol. The molecule has 0 heterocycles. The maximum absolute atomic E-state index is 14.2. The van der Waals surface area contributed by atoms with Crippen LogP contribution in [0.25, 0.3) is 0 Å². The molecule has 0 aliphatic heterocycles. The normalized spacial score (nSPS) is 22.0. The monoisotopic (exact) mass is 393 g/mol. The lowest BCUT2D eigenvalue weighted by molar-refractivity contribution is -0.139. The Balaban J connectivity index is 1.44. The Labute approximate surface area is 164 Å². The molecule has 0 unspecified atom stereocenters. The fraction of sp³-hybridized carbons (Fsp3) is 0.600. The fourth-order valence-electron chi connectivity index (χ4n) is 3.89. The number of hydrogen-bond acceptors (Lipinski definition) is 4.